The van der Waals surface area contributed by atoms with Gasteiger partial charge < -0.3 is 9.80 Å². The smallest absolute Gasteiger partial charge is 0.245 e. The van der Waals surface area contributed by atoms with E-state index in [9.17, 15) is 9.59 Å². The molecule has 1 atom stereocenters. The highest BCUT2D eigenvalue weighted by Crippen LogP contribution is 2.60. The van der Waals surface area contributed by atoms with Crippen molar-refractivity contribution in [2.75, 3.05) is 13.6 Å². The quantitative estimate of drug-likeness (QED) is 0.798. The van der Waals surface area contributed by atoms with Crippen molar-refractivity contribution in [3.8, 4) is 0 Å². The molecule has 0 aromatic carbocycles. The SMILES string of the molecule is CN(C(=O)[C@@H]1CCCN1C(=O)C12CC3CC(CC(C3)C1)C2)C1CC1. The Morgan fingerprint density at radius 3 is 2.08 bits per heavy atom. The molecule has 0 aromatic heterocycles. The lowest BCUT2D eigenvalue weighted by Crippen LogP contribution is -2.57. The minimum absolute atomic E-state index is 0.101. The summed E-state index contributed by atoms with van der Waals surface area (Å²) in [5.74, 6) is 2.90. The molecule has 4 nitrogen and oxygen atoms in total. The molecule has 5 saturated carbocycles. The molecule has 0 aromatic rings. The second-order valence-corrected chi connectivity index (χ2v) is 9.53. The zero-order valence-corrected chi connectivity index (χ0v) is 14.9. The number of nitrogens with zero attached hydrogens (tertiary/aromatic N) is 2. The Hall–Kier alpha value is -1.06. The summed E-state index contributed by atoms with van der Waals surface area (Å²) in [5, 5.41) is 0. The molecular formula is C20H30N2O2. The maximum atomic E-state index is 13.6. The van der Waals surface area contributed by atoms with E-state index in [1.54, 1.807) is 0 Å². The summed E-state index contributed by atoms with van der Waals surface area (Å²) >= 11 is 0. The fraction of sp³-hybridized carbons (Fsp3) is 0.900. The van der Waals surface area contributed by atoms with Crippen LogP contribution >= 0.6 is 0 Å². The van der Waals surface area contributed by atoms with Crippen LogP contribution in [0.5, 0.6) is 0 Å². The Kier molecular flexibility index (Phi) is 3.31. The van der Waals surface area contributed by atoms with E-state index in [2.05, 4.69) is 0 Å². The molecule has 4 heteroatoms. The molecule has 0 spiro atoms. The van der Waals surface area contributed by atoms with E-state index in [1.165, 1.54) is 19.3 Å². The highest BCUT2D eigenvalue weighted by Gasteiger charge is 2.57. The number of carbonyl (C=O) groups is 2. The van der Waals surface area contributed by atoms with Gasteiger partial charge in [0, 0.05) is 19.6 Å². The first-order valence-electron chi connectivity index (χ1n) is 10.1. The number of hydrogen-bond acceptors (Lipinski definition) is 2. The summed E-state index contributed by atoms with van der Waals surface area (Å²) in [6.07, 6.45) is 11.5. The third-order valence-electron chi connectivity index (χ3n) is 7.73. The highest BCUT2D eigenvalue weighted by atomic mass is 16.2. The molecule has 0 N–H and O–H groups in total. The third kappa shape index (κ3) is 2.24. The molecule has 2 amide bonds. The van der Waals surface area contributed by atoms with E-state index in [0.29, 0.717) is 11.9 Å². The second-order valence-electron chi connectivity index (χ2n) is 9.53. The van der Waals surface area contributed by atoms with Crippen molar-refractivity contribution in [3.63, 3.8) is 0 Å². The molecule has 6 aliphatic rings. The van der Waals surface area contributed by atoms with E-state index >= 15 is 0 Å². The topological polar surface area (TPSA) is 40.6 Å². The fourth-order valence-electron chi connectivity index (χ4n) is 6.82. The zero-order chi connectivity index (χ0) is 16.5. The molecule has 1 aliphatic heterocycles. The van der Waals surface area contributed by atoms with Crippen LogP contribution in [0.4, 0.5) is 0 Å². The van der Waals surface area contributed by atoms with Gasteiger partial charge in [0.15, 0.2) is 0 Å². The Morgan fingerprint density at radius 2 is 1.54 bits per heavy atom. The van der Waals surface area contributed by atoms with Crippen LogP contribution in [0.1, 0.15) is 64.2 Å². The zero-order valence-electron chi connectivity index (χ0n) is 14.9. The van der Waals surface area contributed by atoms with E-state index in [1.807, 2.05) is 16.8 Å². The van der Waals surface area contributed by atoms with Crippen LogP contribution in [0.25, 0.3) is 0 Å². The first kappa shape index (κ1) is 15.2. The third-order valence-corrected chi connectivity index (χ3v) is 7.73. The average molecular weight is 330 g/mol. The van der Waals surface area contributed by atoms with Gasteiger partial charge in [-0.3, -0.25) is 9.59 Å². The molecule has 5 aliphatic carbocycles. The van der Waals surface area contributed by atoms with Crippen molar-refractivity contribution in [2.45, 2.75) is 76.3 Å². The summed E-state index contributed by atoms with van der Waals surface area (Å²) in [6.45, 7) is 0.801. The van der Waals surface area contributed by atoms with E-state index in [0.717, 1.165) is 69.2 Å². The van der Waals surface area contributed by atoms with Gasteiger partial charge in [0.2, 0.25) is 11.8 Å². The van der Waals surface area contributed by atoms with Crippen LogP contribution in [-0.2, 0) is 9.59 Å². The Balaban J connectivity index is 1.37. The Morgan fingerprint density at radius 1 is 0.958 bits per heavy atom. The van der Waals surface area contributed by atoms with Gasteiger partial charge in [-0.2, -0.15) is 0 Å². The average Bonchev–Trinajstić information content (AvgIpc) is 3.28. The summed E-state index contributed by atoms with van der Waals surface area (Å²) in [6, 6.07) is 0.269. The van der Waals surface area contributed by atoms with E-state index in [4.69, 9.17) is 0 Å². The largest absolute Gasteiger partial charge is 0.341 e. The van der Waals surface area contributed by atoms with Crippen LogP contribution in [0.2, 0.25) is 0 Å². The van der Waals surface area contributed by atoms with Crippen LogP contribution in [-0.4, -0.2) is 47.3 Å². The van der Waals surface area contributed by atoms with Gasteiger partial charge in [-0.05, 0) is 82.0 Å². The monoisotopic (exact) mass is 330 g/mol. The van der Waals surface area contributed by atoms with Gasteiger partial charge in [-0.1, -0.05) is 0 Å². The summed E-state index contributed by atoms with van der Waals surface area (Å²) in [4.78, 5) is 30.4. The molecule has 1 saturated heterocycles. The number of likely N-dealkylation sites (N-methyl/N-ethyl adjacent to an activating group) is 1. The summed E-state index contributed by atoms with van der Waals surface area (Å²) in [5.41, 5.74) is -0.101. The van der Waals surface area contributed by atoms with E-state index < -0.39 is 0 Å². The molecule has 6 fully saturated rings. The standard InChI is InChI=1S/C20H30N2O2/c1-21(16-4-5-16)18(23)17-3-2-6-22(17)19(24)20-10-13-7-14(11-20)9-15(8-13)12-20/h13-17H,2-12H2,1H3/t13?,14?,15?,17-,20?/m0/s1. The molecule has 0 unspecified atom stereocenters. The van der Waals surface area contributed by atoms with Crippen LogP contribution in [0.15, 0.2) is 0 Å². The maximum absolute atomic E-state index is 13.6. The lowest BCUT2D eigenvalue weighted by atomic mass is 9.49. The summed E-state index contributed by atoms with van der Waals surface area (Å²) in [7, 11) is 1.94. The van der Waals surface area contributed by atoms with Crippen molar-refractivity contribution in [2.24, 2.45) is 23.2 Å². The Bertz CT molecular complexity index is 533. The number of likely N-dealkylation sites (tertiary alicyclic amines) is 1. The van der Waals surface area contributed by atoms with Crippen molar-refractivity contribution >= 4 is 11.8 Å². The molecular weight excluding hydrogens is 300 g/mol. The normalized spacial score (nSPS) is 43.3. The predicted octanol–water partition coefficient (Wildman–Crippen LogP) is 2.81. The van der Waals surface area contributed by atoms with Crippen molar-refractivity contribution in [1.29, 1.82) is 0 Å². The number of amides is 2. The number of hydrogen-bond donors (Lipinski definition) is 0. The Labute approximate surface area is 144 Å². The fourth-order valence-corrected chi connectivity index (χ4v) is 6.82. The number of rotatable bonds is 3. The molecule has 1 heterocycles. The number of carbonyl (C=O) groups excluding carboxylic acids is 2. The maximum Gasteiger partial charge on any atom is 0.245 e. The molecule has 4 bridgehead atoms. The molecule has 132 valence electrons. The van der Waals surface area contributed by atoms with Gasteiger partial charge in [0.25, 0.3) is 0 Å². The van der Waals surface area contributed by atoms with Crippen molar-refractivity contribution in [3.05, 3.63) is 0 Å². The predicted molar refractivity (Wildman–Crippen MR) is 91.1 cm³/mol. The highest BCUT2D eigenvalue weighted by molar-refractivity contribution is 5.91. The molecule has 24 heavy (non-hydrogen) atoms. The van der Waals surface area contributed by atoms with Crippen LogP contribution in [0.3, 0.4) is 0 Å². The van der Waals surface area contributed by atoms with Gasteiger partial charge in [-0.15, -0.1) is 0 Å². The van der Waals surface area contributed by atoms with Gasteiger partial charge in [0.05, 0.1) is 5.41 Å². The first-order chi connectivity index (χ1) is 11.6. The minimum atomic E-state index is -0.170. The van der Waals surface area contributed by atoms with E-state index in [-0.39, 0.29) is 17.4 Å². The molecule has 6 rings (SSSR count). The second kappa shape index (κ2) is 5.22. The van der Waals surface area contributed by atoms with Gasteiger partial charge >= 0.3 is 0 Å². The molecule has 0 radical (unpaired) electrons. The minimum Gasteiger partial charge on any atom is -0.341 e. The van der Waals surface area contributed by atoms with Crippen molar-refractivity contribution in [1.82, 2.24) is 9.80 Å². The van der Waals surface area contributed by atoms with Crippen LogP contribution < -0.4 is 0 Å². The van der Waals surface area contributed by atoms with Crippen LogP contribution in [0, 0.1) is 23.2 Å². The first-order valence-corrected chi connectivity index (χ1v) is 10.1. The van der Waals surface area contributed by atoms with Gasteiger partial charge in [0.1, 0.15) is 6.04 Å². The lowest BCUT2D eigenvalue weighted by Gasteiger charge is -2.56. The van der Waals surface area contributed by atoms with Gasteiger partial charge in [-0.25, -0.2) is 0 Å². The summed E-state index contributed by atoms with van der Waals surface area (Å²) < 4.78 is 0. The van der Waals surface area contributed by atoms with Crippen molar-refractivity contribution < 1.29 is 9.59 Å². The lowest BCUT2D eigenvalue weighted by molar-refractivity contribution is -0.161.